The van der Waals surface area contributed by atoms with E-state index in [-0.39, 0.29) is 22.2 Å². The molecule has 11 heteroatoms. The van der Waals surface area contributed by atoms with Crippen LogP contribution in [0.3, 0.4) is 0 Å². The van der Waals surface area contributed by atoms with Crippen LogP contribution < -0.4 is 0 Å². The summed E-state index contributed by atoms with van der Waals surface area (Å²) in [6, 6.07) is 5.56. The molecule has 4 nitrogen and oxygen atoms in total. The monoisotopic (exact) mass is 463 g/mol. The van der Waals surface area contributed by atoms with Gasteiger partial charge in [-0.25, -0.2) is 9.59 Å². The van der Waals surface area contributed by atoms with Crippen molar-refractivity contribution >= 4 is 28.4 Å². The third-order valence-corrected chi connectivity index (χ3v) is 5.31. The lowest BCUT2D eigenvalue weighted by Crippen LogP contribution is -2.53. The van der Waals surface area contributed by atoms with E-state index in [0.29, 0.717) is 0 Å². The van der Waals surface area contributed by atoms with E-state index in [9.17, 15) is 31.5 Å². The summed E-state index contributed by atoms with van der Waals surface area (Å²) in [5.41, 5.74) is -4.68. The van der Waals surface area contributed by atoms with Crippen LogP contribution in [0.2, 0.25) is 0 Å². The molecule has 1 fully saturated rings. The molecule has 172 valence electrons. The van der Waals surface area contributed by atoms with Gasteiger partial charge in [-0.3, -0.25) is 0 Å². The molecule has 0 aliphatic carbocycles. The quantitative estimate of drug-likeness (QED) is 0.262. The van der Waals surface area contributed by atoms with Crippen LogP contribution in [0.4, 0.5) is 30.7 Å². The van der Waals surface area contributed by atoms with Crippen LogP contribution in [0.25, 0.3) is 16.5 Å². The second-order valence-corrected chi connectivity index (χ2v) is 7.49. The fourth-order valence-corrected chi connectivity index (χ4v) is 3.68. The predicted octanol–water partition coefficient (Wildman–Crippen LogP) is 5.49. The highest BCUT2D eigenvalue weighted by atomic mass is 19.4. The molecule has 0 N–H and O–H groups in total. The van der Waals surface area contributed by atoms with E-state index < -0.39 is 52.2 Å². The summed E-state index contributed by atoms with van der Waals surface area (Å²) >= 11 is 0. The smallest absolute Gasteiger partial charge is 0.386 e. The molecule has 1 aliphatic heterocycles. The number of allylic oxidation sites excluding steroid dienone is 2. The SMILES string of the molecule is CC(C)=C1C(=O)OC(=O)C1=C(c1c(C)n(C)c2ccccc12)C(F)(F)C(F)(F)C(F)(F)F. The molecule has 3 rings (SSSR count). The first-order chi connectivity index (χ1) is 14.6. The average Bonchev–Trinajstić information content (AvgIpc) is 3.09. The van der Waals surface area contributed by atoms with Crippen molar-refractivity contribution in [1.29, 1.82) is 0 Å². The van der Waals surface area contributed by atoms with Gasteiger partial charge in [0, 0.05) is 29.2 Å². The molecule has 0 unspecified atom stereocenters. The number of hydrogen-bond acceptors (Lipinski definition) is 3. The van der Waals surface area contributed by atoms with Gasteiger partial charge >= 0.3 is 30.0 Å². The summed E-state index contributed by atoms with van der Waals surface area (Å²) in [5.74, 6) is -15.6. The topological polar surface area (TPSA) is 48.3 Å². The van der Waals surface area contributed by atoms with Gasteiger partial charge in [-0.2, -0.15) is 30.7 Å². The Morgan fingerprint density at radius 1 is 0.906 bits per heavy atom. The number of ether oxygens (including phenoxy) is 1. The van der Waals surface area contributed by atoms with Gasteiger partial charge in [-0.15, -0.1) is 0 Å². The highest BCUT2D eigenvalue weighted by molar-refractivity contribution is 6.23. The van der Waals surface area contributed by atoms with Gasteiger partial charge in [0.15, 0.2) is 0 Å². The molecule has 1 aliphatic rings. The number of fused-ring (bicyclic) bond motifs is 1. The lowest BCUT2D eigenvalue weighted by molar-refractivity contribution is -0.339. The molecule has 2 aromatic rings. The average molecular weight is 463 g/mol. The van der Waals surface area contributed by atoms with E-state index in [1.54, 1.807) is 0 Å². The zero-order chi connectivity index (χ0) is 24.4. The van der Waals surface area contributed by atoms with Crippen LogP contribution in [0.15, 0.2) is 41.0 Å². The van der Waals surface area contributed by atoms with Crippen molar-refractivity contribution in [3.05, 3.63) is 52.2 Å². The second kappa shape index (κ2) is 7.21. The molecule has 32 heavy (non-hydrogen) atoms. The first kappa shape index (κ1) is 23.6. The lowest BCUT2D eigenvalue weighted by Gasteiger charge is -2.31. The Morgan fingerprint density at radius 2 is 1.44 bits per heavy atom. The van der Waals surface area contributed by atoms with E-state index in [0.717, 1.165) is 0 Å². The van der Waals surface area contributed by atoms with Gasteiger partial charge in [0.05, 0.1) is 16.7 Å². The Morgan fingerprint density at radius 3 is 1.97 bits per heavy atom. The molecule has 2 heterocycles. The van der Waals surface area contributed by atoms with Gasteiger partial charge in [0.1, 0.15) is 0 Å². The normalized spacial score (nSPS) is 17.3. The van der Waals surface area contributed by atoms with E-state index in [1.165, 1.54) is 56.7 Å². The van der Waals surface area contributed by atoms with Crippen molar-refractivity contribution < 1.29 is 45.1 Å². The maximum atomic E-state index is 15.3. The molecule has 1 aromatic heterocycles. The lowest BCUT2D eigenvalue weighted by atomic mass is 9.85. The van der Waals surface area contributed by atoms with Crippen LogP contribution in [0, 0.1) is 6.92 Å². The highest BCUT2D eigenvalue weighted by Crippen LogP contribution is 2.56. The van der Waals surface area contributed by atoms with Crippen molar-refractivity contribution in [2.45, 2.75) is 38.8 Å². The predicted molar refractivity (Wildman–Crippen MR) is 100.0 cm³/mol. The Bertz CT molecular complexity index is 1210. The summed E-state index contributed by atoms with van der Waals surface area (Å²) in [6.07, 6.45) is -6.65. The molecule has 1 saturated heterocycles. The second-order valence-electron chi connectivity index (χ2n) is 7.49. The van der Waals surface area contributed by atoms with Gasteiger partial charge in [-0.1, -0.05) is 23.8 Å². The van der Waals surface area contributed by atoms with Crippen molar-refractivity contribution in [2.75, 3.05) is 0 Å². The number of alkyl halides is 7. The number of nitrogens with zero attached hydrogens (tertiary/aromatic N) is 1. The van der Waals surface area contributed by atoms with E-state index in [4.69, 9.17) is 0 Å². The fraction of sp³-hybridized carbons (Fsp3) is 0.333. The number of rotatable bonds is 3. The molecular formula is C21H16F7NO3. The fourth-order valence-electron chi connectivity index (χ4n) is 3.68. The van der Waals surface area contributed by atoms with Crippen LogP contribution >= 0.6 is 0 Å². The zero-order valence-electron chi connectivity index (χ0n) is 17.1. The maximum absolute atomic E-state index is 15.3. The summed E-state index contributed by atoms with van der Waals surface area (Å²) in [6.45, 7) is 3.65. The van der Waals surface area contributed by atoms with E-state index in [2.05, 4.69) is 4.74 Å². The largest absolute Gasteiger partial charge is 0.460 e. The summed E-state index contributed by atoms with van der Waals surface area (Å²) in [7, 11) is 1.39. The number of hydrogen-bond donors (Lipinski definition) is 0. The Hall–Kier alpha value is -3.11. The van der Waals surface area contributed by atoms with E-state index >= 15 is 8.78 Å². The Balaban J connectivity index is 2.61. The van der Waals surface area contributed by atoms with Crippen molar-refractivity contribution in [3.8, 4) is 0 Å². The van der Waals surface area contributed by atoms with Crippen molar-refractivity contribution in [1.82, 2.24) is 4.57 Å². The molecule has 1 aromatic carbocycles. The first-order valence-corrected chi connectivity index (χ1v) is 9.11. The highest BCUT2D eigenvalue weighted by Gasteiger charge is 2.75. The number of para-hydroxylation sites is 1. The third kappa shape index (κ3) is 3.13. The van der Waals surface area contributed by atoms with Crippen LogP contribution in [-0.4, -0.2) is 34.5 Å². The molecule has 0 bridgehead atoms. The molecular weight excluding hydrogens is 447 g/mol. The summed E-state index contributed by atoms with van der Waals surface area (Å²) < 4.78 is 104. The van der Waals surface area contributed by atoms with E-state index in [1.807, 2.05) is 0 Å². The van der Waals surface area contributed by atoms with Gasteiger partial charge in [-0.05, 0) is 26.8 Å². The van der Waals surface area contributed by atoms with Gasteiger partial charge in [0.2, 0.25) is 0 Å². The van der Waals surface area contributed by atoms with Crippen molar-refractivity contribution in [2.24, 2.45) is 7.05 Å². The zero-order valence-corrected chi connectivity index (χ0v) is 17.1. The number of aromatic nitrogens is 1. The molecule has 0 spiro atoms. The van der Waals surface area contributed by atoms with Crippen LogP contribution in [0.5, 0.6) is 0 Å². The standard InChI is InChI=1S/C21H16F7NO3/c1-9(2)13-15(18(31)32-17(13)30)16(19(22,23)20(24,25)21(26,27)28)14-10(3)29(4)12-8-6-5-7-11(12)14/h5-8H,1-4H3. The Kier molecular flexibility index (Phi) is 5.31. The number of cyclic esters (lactones) is 2. The molecule has 0 amide bonds. The molecule has 0 radical (unpaired) electrons. The van der Waals surface area contributed by atoms with Crippen LogP contribution in [-0.2, 0) is 21.4 Å². The van der Waals surface area contributed by atoms with Crippen molar-refractivity contribution in [3.63, 3.8) is 0 Å². The Labute approximate surface area is 176 Å². The number of benzene rings is 1. The summed E-state index contributed by atoms with van der Waals surface area (Å²) in [5, 5.41) is -0.104. The van der Waals surface area contributed by atoms with Gasteiger partial charge in [0.25, 0.3) is 0 Å². The number of esters is 2. The van der Waals surface area contributed by atoms with Gasteiger partial charge < -0.3 is 9.30 Å². The van der Waals surface area contributed by atoms with Crippen LogP contribution in [0.1, 0.15) is 25.1 Å². The minimum absolute atomic E-state index is 0.0719. The number of aryl methyl sites for hydroxylation is 1. The third-order valence-electron chi connectivity index (χ3n) is 5.31. The molecule has 0 saturated carbocycles. The maximum Gasteiger partial charge on any atom is 0.460 e. The molecule has 0 atom stereocenters. The number of halogens is 7. The minimum atomic E-state index is -6.65. The summed E-state index contributed by atoms with van der Waals surface area (Å²) in [4.78, 5) is 24.5. The number of carbonyl (C=O) groups is 2. The minimum Gasteiger partial charge on any atom is -0.386 e. The number of carbonyl (C=O) groups excluding carboxylic acids is 2. The first-order valence-electron chi connectivity index (χ1n) is 9.11.